The van der Waals surface area contributed by atoms with E-state index in [0.29, 0.717) is 0 Å². The summed E-state index contributed by atoms with van der Waals surface area (Å²) in [4.78, 5) is 0. The van der Waals surface area contributed by atoms with Gasteiger partial charge in [-0.15, -0.1) is 11.6 Å². The molecule has 0 radical (unpaired) electrons. The van der Waals surface area contributed by atoms with Gasteiger partial charge in [0, 0.05) is 4.50 Å². The van der Waals surface area contributed by atoms with Crippen LogP contribution in [0.3, 0.4) is 0 Å². The average molecular weight is 177 g/mol. The van der Waals surface area contributed by atoms with Crippen LogP contribution < -0.4 is 0 Å². The van der Waals surface area contributed by atoms with Crippen LogP contribution in [0.25, 0.3) is 0 Å². The third-order valence-corrected chi connectivity index (χ3v) is 7.05. The summed E-state index contributed by atoms with van der Waals surface area (Å²) < 4.78 is 0.290. The Hall–Kier alpha value is 0.507. The molecule has 1 fully saturated rings. The normalized spacial score (nSPS) is 25.2. The van der Waals surface area contributed by atoms with Crippen LogP contribution >= 0.6 is 11.6 Å². The van der Waals surface area contributed by atoms with E-state index in [0.717, 1.165) is 0 Å². The summed E-state index contributed by atoms with van der Waals surface area (Å²) in [6, 6.07) is 0. The maximum Gasteiger partial charge on any atom is 0.0558 e. The van der Waals surface area contributed by atoms with Crippen LogP contribution in [0.1, 0.15) is 32.1 Å². The molecule has 0 amide bonds. The van der Waals surface area contributed by atoms with Gasteiger partial charge in [0.15, 0.2) is 0 Å². The molecule has 0 unspecified atom stereocenters. The van der Waals surface area contributed by atoms with Gasteiger partial charge in [-0.1, -0.05) is 32.4 Å². The van der Waals surface area contributed by atoms with Crippen LogP contribution in [0, 0.1) is 0 Å². The van der Waals surface area contributed by atoms with Gasteiger partial charge in [-0.05, 0) is 12.8 Å². The molecule has 0 nitrogen and oxygen atoms in total. The van der Waals surface area contributed by atoms with Crippen LogP contribution in [-0.4, -0.2) is 13.3 Å². The standard InChI is InChI=1S/C8H17ClSi/c1-10(2)8(9)6-4-3-5-7-8/h10H,3-7H2,1-2H3. The van der Waals surface area contributed by atoms with E-state index in [2.05, 4.69) is 13.1 Å². The number of halogens is 1. The molecule has 0 aromatic carbocycles. The number of hydrogen-bond acceptors (Lipinski definition) is 0. The lowest BCUT2D eigenvalue weighted by molar-refractivity contribution is 0.470. The minimum Gasteiger partial charge on any atom is -0.123 e. The van der Waals surface area contributed by atoms with Crippen molar-refractivity contribution >= 4 is 20.4 Å². The first-order valence-electron chi connectivity index (χ1n) is 4.34. The van der Waals surface area contributed by atoms with E-state index in [9.17, 15) is 0 Å². The Morgan fingerprint density at radius 2 is 1.60 bits per heavy atom. The molecular weight excluding hydrogens is 160 g/mol. The van der Waals surface area contributed by atoms with Crippen LogP contribution in [0.2, 0.25) is 13.1 Å². The van der Waals surface area contributed by atoms with Gasteiger partial charge in [0.2, 0.25) is 0 Å². The number of rotatable bonds is 1. The third-order valence-electron chi connectivity index (χ3n) is 2.72. The molecule has 0 spiro atoms. The lowest BCUT2D eigenvalue weighted by Crippen LogP contribution is -2.38. The molecule has 1 aliphatic rings. The van der Waals surface area contributed by atoms with Crippen LogP contribution in [0.4, 0.5) is 0 Å². The molecule has 0 saturated heterocycles. The third kappa shape index (κ3) is 1.76. The zero-order valence-electron chi connectivity index (χ0n) is 6.99. The SMILES string of the molecule is C[SiH](C)C1(Cl)CCCCC1. The summed E-state index contributed by atoms with van der Waals surface area (Å²) in [5, 5.41) is 0. The zero-order chi connectivity index (χ0) is 7.61. The van der Waals surface area contributed by atoms with Crippen molar-refractivity contribution in [1.29, 1.82) is 0 Å². The summed E-state index contributed by atoms with van der Waals surface area (Å²) in [5.74, 6) is 0. The summed E-state index contributed by atoms with van der Waals surface area (Å²) in [5.41, 5.74) is 0. The molecule has 10 heavy (non-hydrogen) atoms. The monoisotopic (exact) mass is 176 g/mol. The summed E-state index contributed by atoms with van der Waals surface area (Å²) >= 11 is 6.47. The fraction of sp³-hybridized carbons (Fsp3) is 1.00. The van der Waals surface area contributed by atoms with E-state index < -0.39 is 8.80 Å². The van der Waals surface area contributed by atoms with E-state index in [1.165, 1.54) is 32.1 Å². The maximum atomic E-state index is 6.47. The zero-order valence-corrected chi connectivity index (χ0v) is 8.90. The van der Waals surface area contributed by atoms with Crippen molar-refractivity contribution in [1.82, 2.24) is 0 Å². The van der Waals surface area contributed by atoms with Crippen LogP contribution in [0.5, 0.6) is 0 Å². The van der Waals surface area contributed by atoms with Crippen molar-refractivity contribution < 1.29 is 0 Å². The largest absolute Gasteiger partial charge is 0.123 e. The molecule has 0 atom stereocenters. The first kappa shape index (κ1) is 8.60. The van der Waals surface area contributed by atoms with Crippen molar-refractivity contribution in [2.75, 3.05) is 0 Å². The van der Waals surface area contributed by atoms with Crippen molar-refractivity contribution in [3.63, 3.8) is 0 Å². The van der Waals surface area contributed by atoms with E-state index >= 15 is 0 Å². The highest BCUT2D eigenvalue weighted by atomic mass is 35.5. The minimum atomic E-state index is -0.601. The van der Waals surface area contributed by atoms with Gasteiger partial charge in [-0.2, -0.15) is 0 Å². The van der Waals surface area contributed by atoms with Crippen molar-refractivity contribution in [2.24, 2.45) is 0 Å². The van der Waals surface area contributed by atoms with Gasteiger partial charge < -0.3 is 0 Å². The Labute approximate surface area is 70.6 Å². The number of hydrogen-bond donors (Lipinski definition) is 0. The molecule has 2 heteroatoms. The summed E-state index contributed by atoms with van der Waals surface area (Å²) in [7, 11) is -0.601. The maximum absolute atomic E-state index is 6.47. The second kappa shape index (κ2) is 3.27. The molecular formula is C8H17ClSi. The average Bonchev–Trinajstić information content (AvgIpc) is 1.89. The van der Waals surface area contributed by atoms with Gasteiger partial charge in [-0.25, -0.2) is 0 Å². The Bertz CT molecular complexity index is 106. The fourth-order valence-corrected chi connectivity index (χ4v) is 3.55. The predicted octanol–water partition coefficient (Wildman–Crippen LogP) is 2.95. The first-order chi connectivity index (χ1) is 4.65. The Kier molecular flexibility index (Phi) is 2.81. The second-order valence-corrected chi connectivity index (χ2v) is 8.28. The molecule has 0 heterocycles. The van der Waals surface area contributed by atoms with Crippen molar-refractivity contribution in [3.05, 3.63) is 0 Å². The Morgan fingerprint density at radius 3 is 1.90 bits per heavy atom. The second-order valence-electron chi connectivity index (χ2n) is 3.75. The molecule has 0 aromatic heterocycles. The Morgan fingerprint density at radius 1 is 1.10 bits per heavy atom. The molecule has 0 bridgehead atoms. The molecule has 0 N–H and O–H groups in total. The van der Waals surface area contributed by atoms with E-state index in [1.54, 1.807) is 0 Å². The molecule has 1 aliphatic carbocycles. The van der Waals surface area contributed by atoms with Crippen LogP contribution in [0.15, 0.2) is 0 Å². The smallest absolute Gasteiger partial charge is 0.0558 e. The molecule has 1 rings (SSSR count). The van der Waals surface area contributed by atoms with E-state index in [-0.39, 0.29) is 4.50 Å². The van der Waals surface area contributed by atoms with Crippen molar-refractivity contribution in [3.8, 4) is 0 Å². The Balaban J connectivity index is 2.48. The summed E-state index contributed by atoms with van der Waals surface area (Å²) in [6.45, 7) is 4.75. The van der Waals surface area contributed by atoms with Gasteiger partial charge in [0.25, 0.3) is 0 Å². The quantitative estimate of drug-likeness (QED) is 0.426. The highest BCUT2D eigenvalue weighted by Crippen LogP contribution is 2.35. The topological polar surface area (TPSA) is 0 Å². The van der Waals surface area contributed by atoms with Gasteiger partial charge >= 0.3 is 0 Å². The van der Waals surface area contributed by atoms with Crippen molar-refractivity contribution in [2.45, 2.75) is 49.7 Å². The number of alkyl halides is 1. The summed E-state index contributed by atoms with van der Waals surface area (Å²) in [6.07, 6.45) is 6.73. The van der Waals surface area contributed by atoms with Crippen LogP contribution in [-0.2, 0) is 0 Å². The lowest BCUT2D eigenvalue weighted by atomic mass is 9.99. The van der Waals surface area contributed by atoms with E-state index in [4.69, 9.17) is 11.6 Å². The highest BCUT2D eigenvalue weighted by Gasteiger charge is 2.32. The van der Waals surface area contributed by atoms with E-state index in [1.807, 2.05) is 0 Å². The molecule has 0 aliphatic heterocycles. The first-order valence-corrected chi connectivity index (χ1v) is 7.60. The predicted molar refractivity (Wildman–Crippen MR) is 50.5 cm³/mol. The minimum absolute atomic E-state index is 0.290. The van der Waals surface area contributed by atoms with Gasteiger partial charge in [0.05, 0.1) is 8.80 Å². The highest BCUT2D eigenvalue weighted by molar-refractivity contribution is 6.70. The molecule has 60 valence electrons. The van der Waals surface area contributed by atoms with Gasteiger partial charge in [0.1, 0.15) is 0 Å². The van der Waals surface area contributed by atoms with Gasteiger partial charge in [-0.3, -0.25) is 0 Å². The molecule has 0 aromatic rings. The molecule has 1 saturated carbocycles. The fourth-order valence-electron chi connectivity index (χ4n) is 1.72. The lowest BCUT2D eigenvalue weighted by Gasteiger charge is -2.34.